The van der Waals surface area contributed by atoms with Crippen molar-refractivity contribution < 1.29 is 9.53 Å². The van der Waals surface area contributed by atoms with Crippen LogP contribution in [0.25, 0.3) is 0 Å². The lowest BCUT2D eigenvalue weighted by molar-refractivity contribution is -0.116. The van der Waals surface area contributed by atoms with Gasteiger partial charge in [0.05, 0.1) is 0 Å². The summed E-state index contributed by atoms with van der Waals surface area (Å²) in [7, 11) is 1.82. The summed E-state index contributed by atoms with van der Waals surface area (Å²) >= 11 is 0. The van der Waals surface area contributed by atoms with Crippen LogP contribution < -0.4 is 15.4 Å². The van der Waals surface area contributed by atoms with Crippen molar-refractivity contribution in [2.24, 2.45) is 4.99 Å². The standard InChI is InChI=1S/C24H32N4O2.HI/c1-3-7-23(29)27-20-12-10-19(11-13-20)18-26-24(25-2)28-16-14-22(15-17-28)30-21-8-5-4-6-9-21;/h4-6,8-13,22H,3,7,14-18H2,1-2H3,(H,25,26)(H,27,29);1H. The lowest BCUT2D eigenvalue weighted by Gasteiger charge is -2.34. The summed E-state index contributed by atoms with van der Waals surface area (Å²) in [6.07, 6.45) is 3.59. The number of benzene rings is 2. The number of hydrogen-bond acceptors (Lipinski definition) is 3. The molecule has 0 spiro atoms. The van der Waals surface area contributed by atoms with Crippen LogP contribution in [-0.4, -0.2) is 43.0 Å². The maximum atomic E-state index is 11.7. The van der Waals surface area contributed by atoms with Gasteiger partial charge in [0, 0.05) is 51.6 Å². The van der Waals surface area contributed by atoms with E-state index in [2.05, 4.69) is 20.5 Å². The van der Waals surface area contributed by atoms with Gasteiger partial charge in [-0.25, -0.2) is 0 Å². The summed E-state index contributed by atoms with van der Waals surface area (Å²) < 4.78 is 6.08. The molecular weight excluding hydrogens is 503 g/mol. The van der Waals surface area contributed by atoms with Crippen molar-refractivity contribution in [1.82, 2.24) is 10.2 Å². The lowest BCUT2D eigenvalue weighted by atomic mass is 10.1. The quantitative estimate of drug-likeness (QED) is 0.307. The molecule has 2 aromatic rings. The molecule has 168 valence electrons. The third-order valence-corrected chi connectivity index (χ3v) is 5.16. The van der Waals surface area contributed by atoms with Gasteiger partial charge in [-0.05, 0) is 36.2 Å². The number of hydrogen-bond donors (Lipinski definition) is 2. The van der Waals surface area contributed by atoms with E-state index in [0.717, 1.165) is 55.3 Å². The highest BCUT2D eigenvalue weighted by molar-refractivity contribution is 14.0. The fraction of sp³-hybridized carbons (Fsp3) is 0.417. The predicted molar refractivity (Wildman–Crippen MR) is 137 cm³/mol. The number of guanidine groups is 1. The average molecular weight is 536 g/mol. The first kappa shape index (κ1) is 25.0. The van der Waals surface area contributed by atoms with E-state index in [1.807, 2.05) is 68.6 Å². The van der Waals surface area contributed by atoms with E-state index in [1.165, 1.54) is 0 Å². The molecule has 0 saturated carbocycles. The van der Waals surface area contributed by atoms with Gasteiger partial charge in [-0.3, -0.25) is 9.79 Å². The number of aliphatic imine (C=N–C) groups is 1. The predicted octanol–water partition coefficient (Wildman–Crippen LogP) is 4.66. The Morgan fingerprint density at radius 1 is 1.10 bits per heavy atom. The molecule has 31 heavy (non-hydrogen) atoms. The van der Waals surface area contributed by atoms with Gasteiger partial charge >= 0.3 is 0 Å². The monoisotopic (exact) mass is 536 g/mol. The molecule has 1 fully saturated rings. The Bertz CT molecular complexity index is 819. The number of carbonyl (C=O) groups is 1. The van der Waals surface area contributed by atoms with Crippen LogP contribution in [0.2, 0.25) is 0 Å². The highest BCUT2D eigenvalue weighted by Gasteiger charge is 2.22. The van der Waals surface area contributed by atoms with E-state index >= 15 is 0 Å². The van der Waals surface area contributed by atoms with Gasteiger partial charge in [0.2, 0.25) is 5.91 Å². The fourth-order valence-electron chi connectivity index (χ4n) is 3.55. The minimum Gasteiger partial charge on any atom is -0.490 e. The molecule has 2 aromatic carbocycles. The Morgan fingerprint density at radius 2 is 1.77 bits per heavy atom. The molecule has 6 nitrogen and oxygen atoms in total. The SMILES string of the molecule is CCCC(=O)Nc1ccc(CNC(=NC)N2CCC(Oc3ccccc3)CC2)cc1.I. The lowest BCUT2D eigenvalue weighted by Crippen LogP contribution is -2.47. The topological polar surface area (TPSA) is 66.0 Å². The van der Waals surface area contributed by atoms with Gasteiger partial charge < -0.3 is 20.3 Å². The highest BCUT2D eigenvalue weighted by Crippen LogP contribution is 2.19. The summed E-state index contributed by atoms with van der Waals surface area (Å²) in [5, 5.41) is 6.36. The van der Waals surface area contributed by atoms with E-state index in [1.54, 1.807) is 0 Å². The number of para-hydroxylation sites is 1. The summed E-state index contributed by atoms with van der Waals surface area (Å²) in [5.74, 6) is 1.91. The molecule has 0 bridgehead atoms. The number of ether oxygens (including phenoxy) is 1. The second-order valence-electron chi connectivity index (χ2n) is 7.51. The minimum absolute atomic E-state index is 0. The van der Waals surface area contributed by atoms with E-state index in [0.29, 0.717) is 13.0 Å². The molecule has 1 heterocycles. The van der Waals surface area contributed by atoms with Gasteiger partial charge in [0.1, 0.15) is 11.9 Å². The highest BCUT2D eigenvalue weighted by atomic mass is 127. The van der Waals surface area contributed by atoms with Crippen LogP contribution in [-0.2, 0) is 11.3 Å². The second kappa shape index (κ2) is 13.2. The number of likely N-dealkylation sites (tertiary alicyclic amines) is 1. The van der Waals surface area contributed by atoms with Gasteiger partial charge in [0.25, 0.3) is 0 Å². The van der Waals surface area contributed by atoms with Crippen LogP contribution in [0.15, 0.2) is 59.6 Å². The van der Waals surface area contributed by atoms with Crippen LogP contribution in [0.1, 0.15) is 38.2 Å². The summed E-state index contributed by atoms with van der Waals surface area (Å²) in [4.78, 5) is 18.4. The molecule has 0 aliphatic carbocycles. The number of rotatable bonds is 7. The third kappa shape index (κ3) is 8.05. The number of piperidine rings is 1. The van der Waals surface area contributed by atoms with E-state index in [9.17, 15) is 4.79 Å². The number of nitrogens with one attached hydrogen (secondary N) is 2. The minimum atomic E-state index is 0. The first-order valence-corrected chi connectivity index (χ1v) is 10.7. The number of amides is 1. The molecule has 3 rings (SSSR count). The fourth-order valence-corrected chi connectivity index (χ4v) is 3.55. The zero-order chi connectivity index (χ0) is 21.2. The van der Waals surface area contributed by atoms with Crippen molar-refractivity contribution in [2.75, 3.05) is 25.5 Å². The molecule has 7 heteroatoms. The Hall–Kier alpha value is -2.29. The van der Waals surface area contributed by atoms with Crippen LogP contribution in [0.5, 0.6) is 5.75 Å². The summed E-state index contributed by atoms with van der Waals surface area (Å²) in [6, 6.07) is 18.0. The smallest absolute Gasteiger partial charge is 0.224 e. The second-order valence-corrected chi connectivity index (χ2v) is 7.51. The molecule has 0 atom stereocenters. The zero-order valence-electron chi connectivity index (χ0n) is 18.3. The Balaban J connectivity index is 0.00000341. The van der Waals surface area contributed by atoms with Crippen molar-refractivity contribution in [2.45, 2.75) is 45.3 Å². The van der Waals surface area contributed by atoms with Crippen LogP contribution in [0.3, 0.4) is 0 Å². The number of anilines is 1. The summed E-state index contributed by atoms with van der Waals surface area (Å²) in [5.41, 5.74) is 1.98. The molecule has 0 aromatic heterocycles. The molecule has 2 N–H and O–H groups in total. The van der Waals surface area contributed by atoms with Gasteiger partial charge in [0.15, 0.2) is 5.96 Å². The number of halogens is 1. The Morgan fingerprint density at radius 3 is 2.39 bits per heavy atom. The molecule has 0 unspecified atom stereocenters. The average Bonchev–Trinajstić information content (AvgIpc) is 2.77. The van der Waals surface area contributed by atoms with Gasteiger partial charge in [-0.15, -0.1) is 24.0 Å². The largest absolute Gasteiger partial charge is 0.490 e. The first-order chi connectivity index (χ1) is 14.7. The van der Waals surface area contributed by atoms with Gasteiger partial charge in [-0.1, -0.05) is 37.3 Å². The van der Waals surface area contributed by atoms with Crippen molar-refractivity contribution in [3.05, 3.63) is 60.2 Å². The summed E-state index contributed by atoms with van der Waals surface area (Å²) in [6.45, 7) is 4.52. The van der Waals surface area contributed by atoms with Crippen LogP contribution in [0.4, 0.5) is 5.69 Å². The van der Waals surface area contributed by atoms with Crippen molar-refractivity contribution in [1.29, 1.82) is 0 Å². The molecule has 1 amide bonds. The number of nitrogens with zero attached hydrogens (tertiary/aromatic N) is 2. The molecule has 1 aliphatic heterocycles. The van der Waals surface area contributed by atoms with Crippen LogP contribution in [0, 0.1) is 0 Å². The third-order valence-electron chi connectivity index (χ3n) is 5.16. The molecule has 1 saturated heterocycles. The maximum Gasteiger partial charge on any atom is 0.224 e. The molecular formula is C24H33IN4O2. The van der Waals surface area contributed by atoms with Crippen LogP contribution >= 0.6 is 24.0 Å². The Kier molecular flexibility index (Phi) is 10.6. The van der Waals surface area contributed by atoms with Gasteiger partial charge in [-0.2, -0.15) is 0 Å². The van der Waals surface area contributed by atoms with Crippen molar-refractivity contribution in [3.63, 3.8) is 0 Å². The normalized spacial score (nSPS) is 14.5. The first-order valence-electron chi connectivity index (χ1n) is 10.7. The zero-order valence-corrected chi connectivity index (χ0v) is 20.7. The molecule has 0 radical (unpaired) electrons. The maximum absolute atomic E-state index is 11.7. The van der Waals surface area contributed by atoms with Crippen molar-refractivity contribution in [3.8, 4) is 5.75 Å². The Labute approximate surface area is 202 Å². The van der Waals surface area contributed by atoms with E-state index in [4.69, 9.17) is 4.74 Å². The number of carbonyl (C=O) groups excluding carboxylic acids is 1. The van der Waals surface area contributed by atoms with E-state index < -0.39 is 0 Å². The van der Waals surface area contributed by atoms with Crippen molar-refractivity contribution >= 4 is 41.5 Å². The molecule has 1 aliphatic rings. The van der Waals surface area contributed by atoms with E-state index in [-0.39, 0.29) is 36.0 Å².